The summed E-state index contributed by atoms with van der Waals surface area (Å²) in [6.45, 7) is 2.16. The van der Waals surface area contributed by atoms with Crippen LogP contribution in [0.25, 0.3) is 10.1 Å². The van der Waals surface area contributed by atoms with Crippen molar-refractivity contribution in [2.45, 2.75) is 13.0 Å². The van der Waals surface area contributed by atoms with E-state index in [1.54, 1.807) is 11.3 Å². The van der Waals surface area contributed by atoms with Crippen molar-refractivity contribution in [2.75, 3.05) is 11.9 Å². The van der Waals surface area contributed by atoms with Crippen LogP contribution in [0.15, 0.2) is 53.9 Å². The Bertz CT molecular complexity index is 811. The Morgan fingerprint density at radius 1 is 1.17 bits per heavy atom. The summed E-state index contributed by atoms with van der Waals surface area (Å²) in [5, 5.41) is 18.7. The minimum absolute atomic E-state index is 0.165. The first kappa shape index (κ1) is 15.5. The van der Waals surface area contributed by atoms with Crippen LogP contribution in [0.2, 0.25) is 0 Å². The molecule has 0 aliphatic heterocycles. The number of carbonyl (C=O) groups is 1. The van der Waals surface area contributed by atoms with Crippen molar-refractivity contribution in [1.82, 2.24) is 5.32 Å². The van der Waals surface area contributed by atoms with Crippen LogP contribution in [-0.2, 0) is 0 Å². The van der Waals surface area contributed by atoms with Crippen molar-refractivity contribution in [3.05, 3.63) is 65.0 Å². The smallest absolute Gasteiger partial charge is 0.319 e. The van der Waals surface area contributed by atoms with Crippen molar-refractivity contribution < 1.29 is 9.90 Å². The largest absolute Gasteiger partial charge is 0.387 e. The molecule has 2 amide bonds. The number of hydrogen-bond acceptors (Lipinski definition) is 3. The average molecular weight is 326 g/mol. The summed E-state index contributed by atoms with van der Waals surface area (Å²) in [6, 6.07) is 15.2. The molecule has 23 heavy (non-hydrogen) atoms. The van der Waals surface area contributed by atoms with Crippen molar-refractivity contribution >= 4 is 33.1 Å². The maximum atomic E-state index is 11.9. The second-order valence-electron chi connectivity index (χ2n) is 5.40. The lowest BCUT2D eigenvalue weighted by molar-refractivity contribution is 0.177. The van der Waals surface area contributed by atoms with Gasteiger partial charge in [-0.2, -0.15) is 0 Å². The highest BCUT2D eigenvalue weighted by molar-refractivity contribution is 7.17. The number of aliphatic hydroxyl groups excluding tert-OH is 1. The highest BCUT2D eigenvalue weighted by atomic mass is 32.1. The molecule has 4 nitrogen and oxygen atoms in total. The molecule has 0 saturated carbocycles. The minimum Gasteiger partial charge on any atom is -0.387 e. The number of fused-ring (bicyclic) bond motifs is 1. The normalized spacial score (nSPS) is 12.1. The molecule has 0 radical (unpaired) electrons. The van der Waals surface area contributed by atoms with Crippen molar-refractivity contribution in [3.63, 3.8) is 0 Å². The van der Waals surface area contributed by atoms with Gasteiger partial charge in [0.15, 0.2) is 0 Å². The molecule has 3 N–H and O–H groups in total. The third-order valence-electron chi connectivity index (χ3n) is 3.64. The third-order valence-corrected chi connectivity index (χ3v) is 4.62. The molecule has 0 saturated heterocycles. The Morgan fingerprint density at radius 2 is 1.91 bits per heavy atom. The van der Waals surface area contributed by atoms with Gasteiger partial charge in [-0.15, -0.1) is 11.3 Å². The van der Waals surface area contributed by atoms with Gasteiger partial charge in [0.05, 0.1) is 6.10 Å². The van der Waals surface area contributed by atoms with Crippen LogP contribution in [0, 0.1) is 6.92 Å². The van der Waals surface area contributed by atoms with E-state index in [1.165, 1.54) is 0 Å². The molecule has 118 valence electrons. The first-order valence-corrected chi connectivity index (χ1v) is 8.27. The number of aliphatic hydroxyl groups is 1. The van der Waals surface area contributed by atoms with Gasteiger partial charge in [-0.1, -0.05) is 35.9 Å². The van der Waals surface area contributed by atoms with Crippen molar-refractivity contribution in [2.24, 2.45) is 0 Å². The number of rotatable bonds is 4. The summed E-state index contributed by atoms with van der Waals surface area (Å²) in [5.41, 5.74) is 2.71. The number of benzene rings is 2. The molecule has 1 atom stereocenters. The molecular weight excluding hydrogens is 308 g/mol. The second-order valence-corrected chi connectivity index (χ2v) is 6.32. The Kier molecular flexibility index (Phi) is 4.60. The highest BCUT2D eigenvalue weighted by Crippen LogP contribution is 2.29. The fourth-order valence-corrected chi connectivity index (χ4v) is 3.38. The summed E-state index contributed by atoms with van der Waals surface area (Å²) in [5.74, 6) is 0. The number of hydrogen-bond donors (Lipinski definition) is 3. The molecule has 3 rings (SSSR count). The van der Waals surface area contributed by atoms with Crippen LogP contribution in [0.3, 0.4) is 0 Å². The molecule has 0 spiro atoms. The Morgan fingerprint density at radius 3 is 2.70 bits per heavy atom. The Labute approximate surface area is 138 Å². The molecule has 0 aliphatic rings. The van der Waals surface area contributed by atoms with E-state index in [2.05, 4.69) is 10.6 Å². The van der Waals surface area contributed by atoms with E-state index in [0.29, 0.717) is 0 Å². The Balaban J connectivity index is 1.59. The van der Waals surface area contributed by atoms with Crippen molar-refractivity contribution in [1.29, 1.82) is 0 Å². The van der Waals surface area contributed by atoms with E-state index in [-0.39, 0.29) is 12.6 Å². The molecule has 5 heteroatoms. The molecule has 2 aromatic carbocycles. The van der Waals surface area contributed by atoms with Crippen LogP contribution >= 0.6 is 11.3 Å². The topological polar surface area (TPSA) is 61.4 Å². The third kappa shape index (κ3) is 3.70. The monoisotopic (exact) mass is 326 g/mol. The van der Waals surface area contributed by atoms with Gasteiger partial charge in [0.25, 0.3) is 0 Å². The van der Waals surface area contributed by atoms with E-state index in [9.17, 15) is 9.90 Å². The fourth-order valence-electron chi connectivity index (χ4n) is 2.37. The summed E-state index contributed by atoms with van der Waals surface area (Å²) in [6.07, 6.45) is -0.727. The fraction of sp³-hybridized carbons (Fsp3) is 0.167. The minimum atomic E-state index is -0.727. The molecule has 1 heterocycles. The lowest BCUT2D eigenvalue weighted by Gasteiger charge is -2.12. The van der Waals surface area contributed by atoms with Gasteiger partial charge in [0.1, 0.15) is 0 Å². The van der Waals surface area contributed by atoms with Crippen LogP contribution < -0.4 is 10.6 Å². The van der Waals surface area contributed by atoms with Crippen LogP contribution in [-0.4, -0.2) is 17.7 Å². The number of aryl methyl sites for hydroxylation is 1. The van der Waals surface area contributed by atoms with Crippen LogP contribution in [0.1, 0.15) is 17.2 Å². The summed E-state index contributed by atoms with van der Waals surface area (Å²) >= 11 is 1.59. The predicted octanol–water partition coefficient (Wildman–Crippen LogP) is 4.06. The van der Waals surface area contributed by atoms with E-state index < -0.39 is 6.10 Å². The number of anilines is 1. The Hall–Kier alpha value is -2.37. The number of nitrogens with one attached hydrogen (secondary N) is 2. The first-order chi connectivity index (χ1) is 11.1. The average Bonchev–Trinajstić information content (AvgIpc) is 2.99. The van der Waals surface area contributed by atoms with Gasteiger partial charge in [-0.3, -0.25) is 0 Å². The SMILES string of the molecule is Cc1ccc(NC(=O)NCC(O)c2csc3ccccc23)cc1. The molecule has 0 aliphatic carbocycles. The van der Waals surface area contributed by atoms with Gasteiger partial charge in [0.2, 0.25) is 0 Å². The lowest BCUT2D eigenvalue weighted by Crippen LogP contribution is -2.32. The van der Waals surface area contributed by atoms with Gasteiger partial charge in [-0.05, 0) is 35.9 Å². The number of amides is 2. The standard InChI is InChI=1S/C18H18N2O2S/c1-12-6-8-13(9-7-12)20-18(22)19-10-16(21)15-11-23-17-5-3-2-4-14(15)17/h2-9,11,16,21H,10H2,1H3,(H2,19,20,22). The van der Waals surface area contributed by atoms with Gasteiger partial charge in [-0.25, -0.2) is 4.79 Å². The summed E-state index contributed by atoms with van der Waals surface area (Å²) < 4.78 is 1.13. The van der Waals surface area contributed by atoms with E-state index in [4.69, 9.17) is 0 Å². The molecule has 0 fully saturated rings. The highest BCUT2D eigenvalue weighted by Gasteiger charge is 2.14. The van der Waals surface area contributed by atoms with Crippen molar-refractivity contribution in [3.8, 4) is 0 Å². The maximum Gasteiger partial charge on any atom is 0.319 e. The number of thiophene rings is 1. The van der Waals surface area contributed by atoms with Gasteiger partial charge in [0, 0.05) is 22.5 Å². The van der Waals surface area contributed by atoms with E-state index >= 15 is 0 Å². The molecule has 3 aromatic rings. The zero-order valence-corrected chi connectivity index (χ0v) is 13.6. The van der Waals surface area contributed by atoms with Crippen LogP contribution in [0.4, 0.5) is 10.5 Å². The zero-order valence-electron chi connectivity index (χ0n) is 12.7. The predicted molar refractivity (Wildman–Crippen MR) is 95.0 cm³/mol. The van der Waals surface area contributed by atoms with E-state index in [1.807, 2.05) is 60.8 Å². The maximum absolute atomic E-state index is 11.9. The number of urea groups is 1. The summed E-state index contributed by atoms with van der Waals surface area (Å²) in [4.78, 5) is 11.9. The molecule has 1 unspecified atom stereocenters. The first-order valence-electron chi connectivity index (χ1n) is 7.39. The zero-order chi connectivity index (χ0) is 16.2. The van der Waals surface area contributed by atoms with Gasteiger partial charge >= 0.3 is 6.03 Å². The molecule has 0 bridgehead atoms. The lowest BCUT2D eigenvalue weighted by atomic mass is 10.1. The molecular formula is C18H18N2O2S. The second kappa shape index (κ2) is 6.81. The quantitative estimate of drug-likeness (QED) is 0.677. The molecule has 1 aromatic heterocycles. The van der Waals surface area contributed by atoms with Crippen LogP contribution in [0.5, 0.6) is 0 Å². The van der Waals surface area contributed by atoms with E-state index in [0.717, 1.165) is 26.9 Å². The number of carbonyl (C=O) groups excluding carboxylic acids is 1. The summed E-state index contributed by atoms with van der Waals surface area (Å²) in [7, 11) is 0. The van der Waals surface area contributed by atoms with Gasteiger partial charge < -0.3 is 15.7 Å².